The van der Waals surface area contributed by atoms with Gasteiger partial charge < -0.3 is 10.1 Å². The molecule has 4 heteroatoms. The topological polar surface area (TPSA) is 51.2 Å². The highest BCUT2D eigenvalue weighted by Gasteiger charge is 2.16. The first kappa shape index (κ1) is 14.6. The molecule has 0 fully saturated rings. The van der Waals surface area contributed by atoms with E-state index in [2.05, 4.69) is 10.3 Å². The fourth-order valence-electron chi connectivity index (χ4n) is 1.52. The number of hydrogen-bond acceptors (Lipinski definition) is 4. The third kappa shape index (κ3) is 5.77. The maximum atomic E-state index is 11.5. The predicted molar refractivity (Wildman–Crippen MR) is 71.1 cm³/mol. The van der Waals surface area contributed by atoms with Gasteiger partial charge in [-0.05, 0) is 39.8 Å². The van der Waals surface area contributed by atoms with Gasteiger partial charge in [0.05, 0.1) is 12.1 Å². The summed E-state index contributed by atoms with van der Waals surface area (Å²) in [4.78, 5) is 15.8. The van der Waals surface area contributed by atoms with Crippen LogP contribution in [0.1, 0.15) is 45.9 Å². The molecule has 1 heterocycles. The summed E-state index contributed by atoms with van der Waals surface area (Å²) in [6.45, 7) is 8.22. The van der Waals surface area contributed by atoms with E-state index in [4.69, 9.17) is 4.74 Å². The lowest BCUT2D eigenvalue weighted by atomic mass is 10.2. The van der Waals surface area contributed by atoms with Gasteiger partial charge in [-0.3, -0.25) is 9.78 Å². The Labute approximate surface area is 109 Å². The highest BCUT2D eigenvalue weighted by molar-refractivity contribution is 5.70. The first-order chi connectivity index (χ1) is 8.38. The summed E-state index contributed by atoms with van der Waals surface area (Å²) < 4.78 is 5.23. The van der Waals surface area contributed by atoms with Crippen LogP contribution in [0.4, 0.5) is 0 Å². The van der Waals surface area contributed by atoms with Gasteiger partial charge in [0, 0.05) is 18.8 Å². The Morgan fingerprint density at radius 2 is 2.17 bits per heavy atom. The van der Waals surface area contributed by atoms with E-state index >= 15 is 0 Å². The van der Waals surface area contributed by atoms with Gasteiger partial charge in [-0.1, -0.05) is 6.07 Å². The third-order valence-corrected chi connectivity index (χ3v) is 2.33. The molecule has 100 valence electrons. The second-order valence-corrected chi connectivity index (χ2v) is 5.27. The van der Waals surface area contributed by atoms with Crippen LogP contribution in [0, 0.1) is 0 Å². The number of carbonyl (C=O) groups is 1. The van der Waals surface area contributed by atoms with E-state index in [0.29, 0.717) is 13.0 Å². The molecule has 1 aromatic heterocycles. The third-order valence-electron chi connectivity index (χ3n) is 2.33. The molecular formula is C14H22N2O2. The average molecular weight is 250 g/mol. The number of aromatic nitrogens is 1. The van der Waals surface area contributed by atoms with Crippen molar-refractivity contribution in [2.45, 2.75) is 45.8 Å². The lowest BCUT2D eigenvalue weighted by molar-refractivity contribution is -0.154. The first-order valence-corrected chi connectivity index (χ1v) is 6.24. The summed E-state index contributed by atoms with van der Waals surface area (Å²) in [7, 11) is 0. The van der Waals surface area contributed by atoms with E-state index in [1.165, 1.54) is 0 Å². The molecule has 1 atom stereocenters. The fourth-order valence-corrected chi connectivity index (χ4v) is 1.52. The van der Waals surface area contributed by atoms with Crippen molar-refractivity contribution in [1.82, 2.24) is 10.3 Å². The molecule has 1 aromatic rings. The Bertz CT molecular complexity index is 371. The van der Waals surface area contributed by atoms with Crippen LogP contribution < -0.4 is 5.32 Å². The molecule has 0 bridgehead atoms. The van der Waals surface area contributed by atoms with Gasteiger partial charge in [-0.15, -0.1) is 0 Å². The number of pyridine rings is 1. The minimum absolute atomic E-state index is 0.133. The van der Waals surface area contributed by atoms with Gasteiger partial charge >= 0.3 is 5.97 Å². The fraction of sp³-hybridized carbons (Fsp3) is 0.571. The van der Waals surface area contributed by atoms with Crippen LogP contribution in [0.2, 0.25) is 0 Å². The van der Waals surface area contributed by atoms with Gasteiger partial charge in [-0.25, -0.2) is 0 Å². The van der Waals surface area contributed by atoms with Crippen molar-refractivity contribution in [2.24, 2.45) is 0 Å². The molecule has 0 spiro atoms. The minimum atomic E-state index is -0.413. The van der Waals surface area contributed by atoms with E-state index in [1.54, 1.807) is 6.20 Å². The standard InChI is InChI=1S/C14H22N2O2/c1-11(12-7-5-6-9-16-12)15-10-8-13(17)18-14(2,3)4/h5-7,9,11,15H,8,10H2,1-4H3. The predicted octanol–water partition coefficient (Wildman–Crippen LogP) is 2.46. The molecule has 0 saturated carbocycles. The van der Waals surface area contributed by atoms with E-state index in [-0.39, 0.29) is 12.0 Å². The highest BCUT2D eigenvalue weighted by Crippen LogP contribution is 2.09. The summed E-state index contributed by atoms with van der Waals surface area (Å²) in [5.74, 6) is -0.178. The quantitative estimate of drug-likeness (QED) is 0.816. The van der Waals surface area contributed by atoms with Crippen LogP contribution in [0.5, 0.6) is 0 Å². The zero-order valence-corrected chi connectivity index (χ0v) is 11.6. The van der Waals surface area contributed by atoms with E-state index < -0.39 is 5.60 Å². The van der Waals surface area contributed by atoms with Gasteiger partial charge in [-0.2, -0.15) is 0 Å². The summed E-state index contributed by atoms with van der Waals surface area (Å²) in [6.07, 6.45) is 2.13. The smallest absolute Gasteiger partial charge is 0.307 e. The second kappa shape index (κ2) is 6.50. The number of esters is 1. The maximum Gasteiger partial charge on any atom is 0.307 e. The lowest BCUT2D eigenvalue weighted by Crippen LogP contribution is -2.28. The number of nitrogens with one attached hydrogen (secondary N) is 1. The summed E-state index contributed by atoms with van der Waals surface area (Å²) >= 11 is 0. The number of hydrogen-bond donors (Lipinski definition) is 1. The Hall–Kier alpha value is -1.42. The molecule has 18 heavy (non-hydrogen) atoms. The van der Waals surface area contributed by atoms with Crippen molar-refractivity contribution >= 4 is 5.97 Å². The highest BCUT2D eigenvalue weighted by atomic mass is 16.6. The van der Waals surface area contributed by atoms with Crippen LogP contribution in [-0.4, -0.2) is 23.1 Å². The van der Waals surface area contributed by atoms with Crippen LogP contribution in [0.15, 0.2) is 24.4 Å². The second-order valence-electron chi connectivity index (χ2n) is 5.27. The van der Waals surface area contributed by atoms with Crippen LogP contribution in [0.25, 0.3) is 0 Å². The van der Waals surface area contributed by atoms with Crippen molar-refractivity contribution in [1.29, 1.82) is 0 Å². The van der Waals surface area contributed by atoms with Crippen molar-refractivity contribution in [3.8, 4) is 0 Å². The summed E-state index contributed by atoms with van der Waals surface area (Å²) in [5.41, 5.74) is 0.561. The van der Waals surface area contributed by atoms with Crippen molar-refractivity contribution in [3.63, 3.8) is 0 Å². The van der Waals surface area contributed by atoms with E-state index in [1.807, 2.05) is 45.9 Å². The van der Waals surface area contributed by atoms with Gasteiger partial charge in [0.1, 0.15) is 5.60 Å². The molecule has 1 rings (SSSR count). The molecule has 1 unspecified atom stereocenters. The van der Waals surface area contributed by atoms with E-state index in [9.17, 15) is 4.79 Å². The number of nitrogens with zero attached hydrogens (tertiary/aromatic N) is 1. The van der Waals surface area contributed by atoms with Crippen LogP contribution >= 0.6 is 0 Å². The van der Waals surface area contributed by atoms with Gasteiger partial charge in [0.25, 0.3) is 0 Å². The largest absolute Gasteiger partial charge is 0.460 e. The van der Waals surface area contributed by atoms with Crippen LogP contribution in [-0.2, 0) is 9.53 Å². The number of ether oxygens (including phenoxy) is 1. The molecule has 0 aliphatic heterocycles. The Balaban J connectivity index is 2.28. The summed E-state index contributed by atoms with van der Waals surface area (Å²) in [6, 6.07) is 5.94. The van der Waals surface area contributed by atoms with Crippen molar-refractivity contribution in [2.75, 3.05) is 6.54 Å². The molecule has 1 N–H and O–H groups in total. The van der Waals surface area contributed by atoms with Gasteiger partial charge in [0.2, 0.25) is 0 Å². The number of rotatable bonds is 5. The minimum Gasteiger partial charge on any atom is -0.460 e. The Kier molecular flexibility index (Phi) is 5.28. The van der Waals surface area contributed by atoms with Crippen molar-refractivity contribution in [3.05, 3.63) is 30.1 Å². The van der Waals surface area contributed by atoms with Crippen molar-refractivity contribution < 1.29 is 9.53 Å². The Morgan fingerprint density at radius 1 is 1.44 bits per heavy atom. The average Bonchev–Trinajstić information content (AvgIpc) is 2.27. The van der Waals surface area contributed by atoms with Gasteiger partial charge in [0.15, 0.2) is 0 Å². The molecule has 4 nitrogen and oxygen atoms in total. The van der Waals surface area contributed by atoms with Crippen LogP contribution in [0.3, 0.4) is 0 Å². The maximum absolute atomic E-state index is 11.5. The molecule has 0 amide bonds. The molecule has 0 saturated heterocycles. The number of carbonyl (C=O) groups excluding carboxylic acids is 1. The molecular weight excluding hydrogens is 228 g/mol. The Morgan fingerprint density at radius 3 is 2.72 bits per heavy atom. The monoisotopic (exact) mass is 250 g/mol. The summed E-state index contributed by atoms with van der Waals surface area (Å²) in [5, 5.41) is 3.25. The van der Waals surface area contributed by atoms with E-state index in [0.717, 1.165) is 5.69 Å². The zero-order chi connectivity index (χ0) is 13.6. The first-order valence-electron chi connectivity index (χ1n) is 6.24. The zero-order valence-electron chi connectivity index (χ0n) is 11.6. The molecule has 0 aliphatic carbocycles. The SMILES string of the molecule is CC(NCCC(=O)OC(C)(C)C)c1ccccn1. The molecule has 0 aromatic carbocycles. The molecule has 0 radical (unpaired) electrons. The molecule has 0 aliphatic rings. The normalized spacial score (nSPS) is 13.1. The lowest BCUT2D eigenvalue weighted by Gasteiger charge is -2.20.